The second kappa shape index (κ2) is 11.3. The van der Waals surface area contributed by atoms with Crippen molar-refractivity contribution in [1.29, 1.82) is 0 Å². The van der Waals surface area contributed by atoms with Crippen LogP contribution in [0.3, 0.4) is 0 Å². The average molecular weight is 549 g/mol. The van der Waals surface area contributed by atoms with Gasteiger partial charge in [0.05, 0.1) is 6.10 Å². The monoisotopic (exact) mass is 549 g/mol. The van der Waals surface area contributed by atoms with Crippen LogP contribution in [0.25, 0.3) is 0 Å². The number of nitrogens with zero attached hydrogens (tertiary/aromatic N) is 1. The second-order valence-corrected chi connectivity index (χ2v) is 11.3. The van der Waals surface area contributed by atoms with Crippen molar-refractivity contribution >= 4 is 24.4 Å². The molecule has 1 aliphatic rings. The van der Waals surface area contributed by atoms with Gasteiger partial charge in [-0.25, -0.2) is 18.7 Å². The van der Waals surface area contributed by atoms with Crippen molar-refractivity contribution in [2.75, 3.05) is 6.61 Å². The number of halogens is 2. The van der Waals surface area contributed by atoms with Crippen LogP contribution in [-0.2, 0) is 30.6 Å². The van der Waals surface area contributed by atoms with Gasteiger partial charge in [0.1, 0.15) is 18.4 Å². The maximum Gasteiger partial charge on any atom is 0.330 e. The number of aromatic nitrogens is 2. The fraction of sp³-hybridized carbons (Fsp3) is 0.476. The highest BCUT2D eigenvalue weighted by atomic mass is 32.5. The number of hydrogen-bond acceptors (Lipinski definition) is 9. The summed E-state index contributed by atoms with van der Waals surface area (Å²) in [7, 11) is 0. The Kier molecular flexibility index (Phi) is 8.80. The molecule has 0 bridgehead atoms. The fourth-order valence-corrected chi connectivity index (χ4v) is 5.59. The van der Waals surface area contributed by atoms with Crippen LogP contribution in [0.1, 0.15) is 27.0 Å². The molecule has 1 aromatic carbocycles. The van der Waals surface area contributed by atoms with Crippen LogP contribution >= 0.6 is 6.64 Å². The maximum absolute atomic E-state index is 15.6. The SMILES string of the molecule is CC(C)OC(=O)[C@@H](C)N[P@](=S)(OC[C@@]1(F)O[C@@H](n2ccc(=O)[nH]c2=O)[C@@H](F)[C@@H]1O)Oc1ccccc1. The van der Waals surface area contributed by atoms with E-state index in [-0.39, 0.29) is 5.75 Å². The molecule has 3 N–H and O–H groups in total. The summed E-state index contributed by atoms with van der Waals surface area (Å²) in [4.78, 5) is 37.5. The lowest BCUT2D eigenvalue weighted by Gasteiger charge is -2.30. The number of alkyl halides is 2. The third kappa shape index (κ3) is 6.64. The molecule has 198 valence electrons. The van der Waals surface area contributed by atoms with Gasteiger partial charge in [-0.1, -0.05) is 18.2 Å². The van der Waals surface area contributed by atoms with Crippen LogP contribution in [0, 0.1) is 0 Å². The number of aliphatic hydroxyl groups excluding tert-OH is 1. The molecule has 0 unspecified atom stereocenters. The van der Waals surface area contributed by atoms with Gasteiger partial charge < -0.3 is 23.6 Å². The average Bonchev–Trinajstić information content (AvgIpc) is 3.02. The number of aliphatic hydroxyl groups is 1. The first-order valence-electron chi connectivity index (χ1n) is 10.8. The number of esters is 1. The van der Waals surface area contributed by atoms with Crippen molar-refractivity contribution in [2.45, 2.75) is 57.3 Å². The molecule has 0 aliphatic carbocycles. The molecular formula is C21H26F2N3O8PS. The molecule has 1 aliphatic heterocycles. The van der Waals surface area contributed by atoms with Crippen LogP contribution in [-0.4, -0.2) is 57.5 Å². The highest BCUT2D eigenvalue weighted by Gasteiger charge is 2.58. The van der Waals surface area contributed by atoms with Crippen LogP contribution in [0.5, 0.6) is 5.75 Å². The Morgan fingerprint density at radius 1 is 1.31 bits per heavy atom. The summed E-state index contributed by atoms with van der Waals surface area (Å²) in [6.45, 7) is -0.106. The van der Waals surface area contributed by atoms with Crippen LogP contribution in [0.4, 0.5) is 8.78 Å². The number of ether oxygens (including phenoxy) is 2. The van der Waals surface area contributed by atoms with Gasteiger partial charge in [-0.3, -0.25) is 19.1 Å². The van der Waals surface area contributed by atoms with Crippen molar-refractivity contribution in [1.82, 2.24) is 14.6 Å². The molecular weight excluding hydrogens is 523 g/mol. The predicted molar refractivity (Wildman–Crippen MR) is 127 cm³/mol. The minimum absolute atomic E-state index is 0.236. The summed E-state index contributed by atoms with van der Waals surface area (Å²) in [6, 6.07) is 7.98. The van der Waals surface area contributed by atoms with E-state index < -0.39 is 67.0 Å². The minimum Gasteiger partial charge on any atom is -0.462 e. The summed E-state index contributed by atoms with van der Waals surface area (Å²) in [6.07, 6.45) is -6.20. The number of carbonyl (C=O) groups excluding carboxylic acids is 1. The lowest BCUT2D eigenvalue weighted by Crippen LogP contribution is -2.43. The standard InChI is InChI=1S/C21H26F2N3O8PS/c1-12(2)32-19(29)13(3)25-35(36,34-14-7-5-4-6-8-14)31-11-21(23)17(28)16(22)18(33-21)26-10-9-15(27)24-20(26)30/h4-10,12-13,16-18,28H,11H2,1-3H3,(H,25,36)(H,24,27,30)/t13-,16+,17+,18-,21-,35+/m1/s1. The Labute approximate surface area is 209 Å². The van der Waals surface area contributed by atoms with Gasteiger partial charge in [-0.15, -0.1) is 0 Å². The van der Waals surface area contributed by atoms with Gasteiger partial charge >= 0.3 is 18.3 Å². The van der Waals surface area contributed by atoms with E-state index in [1.807, 2.05) is 4.98 Å². The number of aromatic amines is 1. The Balaban J connectivity index is 1.81. The number of benzene rings is 1. The maximum atomic E-state index is 15.6. The number of H-pyrrole nitrogens is 1. The third-order valence-electron chi connectivity index (χ3n) is 4.91. The number of nitrogens with one attached hydrogen (secondary N) is 2. The zero-order valence-electron chi connectivity index (χ0n) is 19.5. The first-order chi connectivity index (χ1) is 16.8. The van der Waals surface area contributed by atoms with Crippen molar-refractivity contribution in [2.24, 2.45) is 0 Å². The van der Waals surface area contributed by atoms with E-state index in [9.17, 15) is 23.9 Å². The lowest BCUT2D eigenvalue weighted by molar-refractivity contribution is -0.203. The van der Waals surface area contributed by atoms with Crippen molar-refractivity contribution in [3.8, 4) is 5.75 Å². The van der Waals surface area contributed by atoms with Gasteiger partial charge in [0.15, 0.2) is 18.5 Å². The van der Waals surface area contributed by atoms with E-state index in [0.717, 1.165) is 12.3 Å². The third-order valence-corrected chi connectivity index (χ3v) is 7.39. The van der Waals surface area contributed by atoms with E-state index in [0.29, 0.717) is 4.57 Å². The molecule has 0 radical (unpaired) electrons. The molecule has 11 nitrogen and oxygen atoms in total. The molecule has 1 fully saturated rings. The lowest BCUT2D eigenvalue weighted by atomic mass is 10.1. The molecule has 36 heavy (non-hydrogen) atoms. The molecule has 0 spiro atoms. The summed E-state index contributed by atoms with van der Waals surface area (Å²) in [5.41, 5.74) is -1.82. The van der Waals surface area contributed by atoms with E-state index in [1.54, 1.807) is 44.2 Å². The zero-order valence-corrected chi connectivity index (χ0v) is 21.2. The molecule has 6 atom stereocenters. The highest BCUT2D eigenvalue weighted by molar-refractivity contribution is 8.09. The van der Waals surface area contributed by atoms with Crippen molar-refractivity contribution in [3.05, 3.63) is 63.4 Å². The van der Waals surface area contributed by atoms with Crippen LogP contribution < -0.4 is 20.9 Å². The number of rotatable bonds is 10. The first kappa shape index (κ1) is 28.1. The Morgan fingerprint density at radius 2 is 1.97 bits per heavy atom. The summed E-state index contributed by atoms with van der Waals surface area (Å²) in [5, 5.41) is 12.9. The summed E-state index contributed by atoms with van der Waals surface area (Å²) in [5.74, 6) is -3.60. The zero-order chi connectivity index (χ0) is 26.7. The molecule has 3 rings (SSSR count). The first-order valence-corrected chi connectivity index (χ1v) is 13.5. The van der Waals surface area contributed by atoms with Crippen molar-refractivity contribution in [3.63, 3.8) is 0 Å². The van der Waals surface area contributed by atoms with Gasteiger partial charge in [0.25, 0.3) is 11.4 Å². The van der Waals surface area contributed by atoms with E-state index in [4.69, 9.17) is 30.3 Å². The molecule has 1 saturated heterocycles. The molecule has 2 heterocycles. The van der Waals surface area contributed by atoms with E-state index in [2.05, 4.69) is 5.09 Å². The highest BCUT2D eigenvalue weighted by Crippen LogP contribution is 2.48. The molecule has 15 heteroatoms. The Bertz CT molecular complexity index is 1230. The molecule has 0 amide bonds. The predicted octanol–water partition coefficient (Wildman–Crippen LogP) is 1.68. The summed E-state index contributed by atoms with van der Waals surface area (Å²) < 4.78 is 52.4. The van der Waals surface area contributed by atoms with Gasteiger partial charge in [0, 0.05) is 12.3 Å². The van der Waals surface area contributed by atoms with Gasteiger partial charge in [0.2, 0.25) is 0 Å². The van der Waals surface area contributed by atoms with Crippen molar-refractivity contribution < 1.29 is 37.2 Å². The number of para-hydroxylation sites is 1. The van der Waals surface area contributed by atoms with E-state index in [1.165, 1.54) is 6.92 Å². The Hall–Kier alpha value is -2.48. The van der Waals surface area contributed by atoms with Crippen LogP contribution in [0.15, 0.2) is 52.2 Å². The number of hydrogen-bond donors (Lipinski definition) is 3. The largest absolute Gasteiger partial charge is 0.462 e. The smallest absolute Gasteiger partial charge is 0.330 e. The normalized spacial score (nSPS) is 26.4. The fourth-order valence-electron chi connectivity index (χ4n) is 3.19. The molecule has 2 aromatic rings. The second-order valence-electron chi connectivity index (χ2n) is 8.21. The van der Waals surface area contributed by atoms with Gasteiger partial charge in [-0.2, -0.15) is 0 Å². The Morgan fingerprint density at radius 3 is 2.58 bits per heavy atom. The van der Waals surface area contributed by atoms with Crippen LogP contribution in [0.2, 0.25) is 0 Å². The number of carbonyl (C=O) groups is 1. The summed E-state index contributed by atoms with van der Waals surface area (Å²) >= 11 is 5.46. The van der Waals surface area contributed by atoms with E-state index >= 15 is 4.39 Å². The van der Waals surface area contributed by atoms with Gasteiger partial charge in [-0.05, 0) is 44.7 Å². The topological polar surface area (TPSA) is 141 Å². The minimum atomic E-state index is -3.73. The quantitative estimate of drug-likeness (QED) is 0.296. The molecule has 0 saturated carbocycles. The molecule has 1 aromatic heterocycles.